The summed E-state index contributed by atoms with van der Waals surface area (Å²) in [5.41, 5.74) is 2.84. The Bertz CT molecular complexity index is 1270. The molecule has 7 nitrogen and oxygen atoms in total. The molecule has 1 amide bonds. The maximum Gasteiger partial charge on any atom is 0.259 e. The van der Waals surface area contributed by atoms with Crippen molar-refractivity contribution in [2.24, 2.45) is 0 Å². The van der Waals surface area contributed by atoms with Crippen LogP contribution in [-0.4, -0.2) is 29.3 Å². The molecule has 3 heterocycles. The van der Waals surface area contributed by atoms with Crippen molar-refractivity contribution in [3.8, 4) is 22.8 Å². The Kier molecular flexibility index (Phi) is 4.31. The van der Waals surface area contributed by atoms with Crippen molar-refractivity contribution in [1.82, 2.24) is 10.1 Å². The number of fused-ring (bicyclic) bond motifs is 2. The standard InChI is InChI=1S/C22H16FN3O4/c1-12-20-16(21(27)24-15-6-7-18-19(10-15)29-9-8-28-18)11-17(25-22(20)30-26-12)13-2-4-14(23)5-3-13/h2-7,10-11H,8-9H2,1H3,(H,24,27). The average Bonchev–Trinajstić information content (AvgIpc) is 3.14. The predicted octanol–water partition coefficient (Wildman–Crippen LogP) is 4.36. The van der Waals surface area contributed by atoms with Gasteiger partial charge in [-0.25, -0.2) is 9.37 Å². The van der Waals surface area contributed by atoms with Gasteiger partial charge < -0.3 is 19.3 Å². The van der Waals surface area contributed by atoms with Gasteiger partial charge in [0, 0.05) is 17.3 Å². The Hall–Kier alpha value is -3.94. The first-order chi connectivity index (χ1) is 14.6. The third-order valence-corrected chi connectivity index (χ3v) is 4.80. The molecule has 150 valence electrons. The van der Waals surface area contributed by atoms with Gasteiger partial charge in [0.1, 0.15) is 19.0 Å². The number of rotatable bonds is 3. The maximum atomic E-state index is 13.3. The molecule has 0 saturated heterocycles. The van der Waals surface area contributed by atoms with Crippen molar-refractivity contribution in [2.45, 2.75) is 6.92 Å². The number of hydrogen-bond donors (Lipinski definition) is 1. The summed E-state index contributed by atoms with van der Waals surface area (Å²) in [4.78, 5) is 17.6. The fourth-order valence-corrected chi connectivity index (χ4v) is 3.36. The van der Waals surface area contributed by atoms with E-state index in [1.807, 2.05) is 0 Å². The molecule has 2 aromatic carbocycles. The topological polar surface area (TPSA) is 86.5 Å². The molecule has 1 aliphatic heterocycles. The number of carbonyl (C=O) groups excluding carboxylic acids is 1. The Balaban J connectivity index is 1.54. The fraction of sp³-hybridized carbons (Fsp3) is 0.136. The number of aromatic nitrogens is 2. The molecular weight excluding hydrogens is 389 g/mol. The number of amides is 1. The molecule has 0 atom stereocenters. The minimum absolute atomic E-state index is 0.238. The zero-order chi connectivity index (χ0) is 20.7. The third kappa shape index (κ3) is 3.22. The van der Waals surface area contributed by atoms with Crippen LogP contribution in [0.25, 0.3) is 22.4 Å². The van der Waals surface area contributed by atoms with Crippen LogP contribution < -0.4 is 14.8 Å². The molecule has 0 unspecified atom stereocenters. The van der Waals surface area contributed by atoms with Crippen LogP contribution in [0, 0.1) is 12.7 Å². The van der Waals surface area contributed by atoms with E-state index in [-0.39, 0.29) is 17.4 Å². The second-order valence-electron chi connectivity index (χ2n) is 6.82. The molecule has 1 aliphatic rings. The molecule has 4 aromatic rings. The molecule has 0 aliphatic carbocycles. The van der Waals surface area contributed by atoms with Crippen LogP contribution in [0.1, 0.15) is 16.1 Å². The summed E-state index contributed by atoms with van der Waals surface area (Å²) >= 11 is 0. The number of benzene rings is 2. The second-order valence-corrected chi connectivity index (χ2v) is 6.82. The molecule has 0 spiro atoms. The van der Waals surface area contributed by atoms with Crippen molar-refractivity contribution >= 4 is 22.7 Å². The monoisotopic (exact) mass is 405 g/mol. The summed E-state index contributed by atoms with van der Waals surface area (Å²) < 4.78 is 29.7. The van der Waals surface area contributed by atoms with Gasteiger partial charge in [0.15, 0.2) is 11.5 Å². The van der Waals surface area contributed by atoms with E-state index in [0.29, 0.717) is 58.3 Å². The number of nitrogens with one attached hydrogen (secondary N) is 1. The van der Waals surface area contributed by atoms with Gasteiger partial charge >= 0.3 is 0 Å². The smallest absolute Gasteiger partial charge is 0.259 e. The number of halogens is 1. The first kappa shape index (κ1) is 18.1. The highest BCUT2D eigenvalue weighted by Gasteiger charge is 2.20. The fourth-order valence-electron chi connectivity index (χ4n) is 3.36. The third-order valence-electron chi connectivity index (χ3n) is 4.80. The molecule has 2 aromatic heterocycles. The van der Waals surface area contributed by atoms with Crippen LogP contribution in [0.15, 0.2) is 53.1 Å². The van der Waals surface area contributed by atoms with E-state index in [1.54, 1.807) is 43.3 Å². The van der Waals surface area contributed by atoms with E-state index in [0.717, 1.165) is 0 Å². The van der Waals surface area contributed by atoms with Crippen molar-refractivity contribution in [3.63, 3.8) is 0 Å². The summed E-state index contributed by atoms with van der Waals surface area (Å²) in [5.74, 6) is 0.506. The molecule has 0 bridgehead atoms. The van der Waals surface area contributed by atoms with Crippen molar-refractivity contribution in [1.29, 1.82) is 0 Å². The van der Waals surface area contributed by atoms with Gasteiger partial charge in [0.05, 0.1) is 22.3 Å². The average molecular weight is 405 g/mol. The van der Waals surface area contributed by atoms with E-state index in [1.165, 1.54) is 12.1 Å². The Morgan fingerprint density at radius 1 is 1.03 bits per heavy atom. The lowest BCUT2D eigenvalue weighted by Gasteiger charge is -2.19. The molecule has 8 heteroatoms. The Morgan fingerprint density at radius 2 is 1.80 bits per heavy atom. The minimum Gasteiger partial charge on any atom is -0.486 e. The highest BCUT2D eigenvalue weighted by Crippen LogP contribution is 2.33. The van der Waals surface area contributed by atoms with Gasteiger partial charge in [-0.1, -0.05) is 5.16 Å². The zero-order valence-corrected chi connectivity index (χ0v) is 15.9. The van der Waals surface area contributed by atoms with Crippen LogP contribution in [0.3, 0.4) is 0 Å². The van der Waals surface area contributed by atoms with Crippen LogP contribution in [0.4, 0.5) is 10.1 Å². The first-order valence-corrected chi connectivity index (χ1v) is 9.32. The van der Waals surface area contributed by atoms with E-state index in [2.05, 4.69) is 15.5 Å². The highest BCUT2D eigenvalue weighted by atomic mass is 19.1. The lowest BCUT2D eigenvalue weighted by atomic mass is 10.0. The zero-order valence-electron chi connectivity index (χ0n) is 15.9. The number of carbonyl (C=O) groups is 1. The molecule has 1 N–H and O–H groups in total. The van der Waals surface area contributed by atoms with Gasteiger partial charge in [-0.3, -0.25) is 4.79 Å². The normalized spacial score (nSPS) is 12.7. The van der Waals surface area contributed by atoms with Crippen LogP contribution in [0.5, 0.6) is 11.5 Å². The highest BCUT2D eigenvalue weighted by molar-refractivity contribution is 6.13. The van der Waals surface area contributed by atoms with Crippen LogP contribution in [-0.2, 0) is 0 Å². The van der Waals surface area contributed by atoms with E-state index < -0.39 is 0 Å². The molecule has 0 saturated carbocycles. The number of ether oxygens (including phenoxy) is 2. The number of nitrogens with zero attached hydrogens (tertiary/aromatic N) is 2. The van der Waals surface area contributed by atoms with Crippen molar-refractivity contribution in [3.05, 3.63) is 65.6 Å². The van der Waals surface area contributed by atoms with E-state index in [4.69, 9.17) is 14.0 Å². The minimum atomic E-state index is -0.355. The number of anilines is 1. The number of pyridine rings is 1. The Morgan fingerprint density at radius 3 is 2.60 bits per heavy atom. The Labute approximate surface area is 170 Å². The summed E-state index contributed by atoms with van der Waals surface area (Å²) in [7, 11) is 0. The summed E-state index contributed by atoms with van der Waals surface area (Å²) in [6, 6.07) is 12.7. The van der Waals surface area contributed by atoms with Crippen LogP contribution in [0.2, 0.25) is 0 Å². The number of aryl methyl sites for hydroxylation is 1. The summed E-state index contributed by atoms with van der Waals surface area (Å²) in [6.45, 7) is 2.69. The summed E-state index contributed by atoms with van der Waals surface area (Å²) in [5, 5.41) is 7.34. The van der Waals surface area contributed by atoms with Gasteiger partial charge in [0.25, 0.3) is 11.6 Å². The molecule has 0 radical (unpaired) electrons. The van der Waals surface area contributed by atoms with Crippen molar-refractivity contribution < 1.29 is 23.2 Å². The van der Waals surface area contributed by atoms with Gasteiger partial charge in [-0.05, 0) is 49.4 Å². The van der Waals surface area contributed by atoms with Gasteiger partial charge in [-0.2, -0.15) is 0 Å². The van der Waals surface area contributed by atoms with E-state index >= 15 is 0 Å². The van der Waals surface area contributed by atoms with Crippen LogP contribution >= 0.6 is 0 Å². The molecular formula is C22H16FN3O4. The second kappa shape index (κ2) is 7.14. The number of hydrogen-bond acceptors (Lipinski definition) is 6. The molecule has 30 heavy (non-hydrogen) atoms. The lowest BCUT2D eigenvalue weighted by Crippen LogP contribution is -2.16. The van der Waals surface area contributed by atoms with Crippen molar-refractivity contribution in [2.75, 3.05) is 18.5 Å². The SMILES string of the molecule is Cc1noc2nc(-c3ccc(F)cc3)cc(C(=O)Nc3ccc4c(c3)OCCO4)c12. The summed E-state index contributed by atoms with van der Waals surface area (Å²) in [6.07, 6.45) is 0. The largest absolute Gasteiger partial charge is 0.486 e. The molecule has 0 fully saturated rings. The first-order valence-electron chi connectivity index (χ1n) is 9.32. The quantitative estimate of drug-likeness (QED) is 0.545. The van der Waals surface area contributed by atoms with Gasteiger partial charge in [0.2, 0.25) is 0 Å². The molecule has 5 rings (SSSR count). The van der Waals surface area contributed by atoms with Gasteiger partial charge in [-0.15, -0.1) is 0 Å². The predicted molar refractivity (Wildman–Crippen MR) is 107 cm³/mol. The maximum absolute atomic E-state index is 13.3. The lowest BCUT2D eigenvalue weighted by molar-refractivity contribution is 0.102. The van der Waals surface area contributed by atoms with E-state index in [9.17, 15) is 9.18 Å².